The number of hydrogen-bond acceptors (Lipinski definition) is 7. The van der Waals surface area contributed by atoms with Crippen LogP contribution < -0.4 is 10.1 Å². The molecule has 6 rings (SSSR count). The first kappa shape index (κ1) is 24.3. The zero-order chi connectivity index (χ0) is 25.9. The molecule has 2 amide bonds. The number of nitrogens with zero attached hydrogens (tertiary/aromatic N) is 4. The molecule has 0 saturated heterocycles. The highest BCUT2D eigenvalue weighted by atomic mass is 35.5. The smallest absolute Gasteiger partial charge is 0.259 e. The minimum Gasteiger partial charge on any atom is -0.494 e. The number of anilines is 1. The van der Waals surface area contributed by atoms with Gasteiger partial charge < -0.3 is 9.64 Å². The quantitative estimate of drug-likeness (QED) is 0.432. The van der Waals surface area contributed by atoms with Gasteiger partial charge in [0.25, 0.3) is 5.91 Å². The number of amides is 2. The summed E-state index contributed by atoms with van der Waals surface area (Å²) in [6.45, 7) is 5.22. The number of rotatable bonds is 5. The molecule has 2 saturated carbocycles. The van der Waals surface area contributed by atoms with Gasteiger partial charge >= 0.3 is 0 Å². The standard InChI is InChI=1S/C27H28ClN5O3S/c1-14-6-27(7-14)8-16(9-27)25(35)33-12-20-22(13-33)37-26(31-20)32-24(34)19-10-29-15(2)4-17(19)18-5-23(28)30-11-21(18)36-3/h4-5,10-11,14,16H,6-9,12-13H2,1-3H3,(H,31,32,34). The lowest BCUT2D eigenvalue weighted by molar-refractivity contribution is -0.151. The molecule has 8 nitrogen and oxygen atoms in total. The lowest BCUT2D eigenvalue weighted by Gasteiger charge is -2.57. The highest BCUT2D eigenvalue weighted by Gasteiger charge is 2.54. The number of halogens is 1. The van der Waals surface area contributed by atoms with Crippen LogP contribution in [0.4, 0.5) is 5.13 Å². The molecule has 0 aromatic carbocycles. The Bertz CT molecular complexity index is 1390. The molecule has 1 N–H and O–H groups in total. The Hall–Kier alpha value is -3.04. The number of fused-ring (bicyclic) bond motifs is 1. The fourth-order valence-corrected chi connectivity index (χ4v) is 7.48. The second-order valence-corrected chi connectivity index (χ2v) is 12.2. The van der Waals surface area contributed by atoms with Crippen molar-refractivity contribution in [1.29, 1.82) is 0 Å². The molecule has 192 valence electrons. The van der Waals surface area contributed by atoms with Crippen LogP contribution in [0.25, 0.3) is 11.1 Å². The highest BCUT2D eigenvalue weighted by molar-refractivity contribution is 7.16. The van der Waals surface area contributed by atoms with Gasteiger partial charge in [-0.05, 0) is 56.1 Å². The average molecular weight is 538 g/mol. The average Bonchev–Trinajstić information content (AvgIpc) is 3.38. The summed E-state index contributed by atoms with van der Waals surface area (Å²) < 4.78 is 5.46. The molecule has 0 radical (unpaired) electrons. The van der Waals surface area contributed by atoms with E-state index in [-0.39, 0.29) is 17.7 Å². The van der Waals surface area contributed by atoms with Crippen LogP contribution in [0, 0.1) is 24.2 Å². The van der Waals surface area contributed by atoms with Crippen molar-refractivity contribution in [3.8, 4) is 16.9 Å². The summed E-state index contributed by atoms with van der Waals surface area (Å²) in [6.07, 6.45) is 7.69. The van der Waals surface area contributed by atoms with E-state index in [0.29, 0.717) is 51.2 Å². The Morgan fingerprint density at radius 2 is 1.92 bits per heavy atom. The van der Waals surface area contributed by atoms with Crippen molar-refractivity contribution in [2.75, 3.05) is 12.4 Å². The second kappa shape index (κ2) is 9.06. The van der Waals surface area contributed by atoms with E-state index in [1.54, 1.807) is 19.4 Å². The van der Waals surface area contributed by atoms with E-state index < -0.39 is 0 Å². The summed E-state index contributed by atoms with van der Waals surface area (Å²) in [4.78, 5) is 42.3. The molecule has 2 aliphatic carbocycles. The van der Waals surface area contributed by atoms with E-state index in [9.17, 15) is 9.59 Å². The molecule has 4 heterocycles. The normalized spacial score (nSPS) is 23.8. The molecule has 1 spiro atoms. The van der Waals surface area contributed by atoms with Gasteiger partial charge in [0.15, 0.2) is 5.13 Å². The van der Waals surface area contributed by atoms with Gasteiger partial charge in [0, 0.05) is 28.9 Å². The van der Waals surface area contributed by atoms with Gasteiger partial charge in [-0.2, -0.15) is 0 Å². The number of nitrogens with one attached hydrogen (secondary N) is 1. The summed E-state index contributed by atoms with van der Waals surface area (Å²) in [5.74, 6) is 1.40. The number of ether oxygens (including phenoxy) is 1. The number of aromatic nitrogens is 3. The summed E-state index contributed by atoms with van der Waals surface area (Å²) in [5, 5.41) is 3.74. The number of pyridine rings is 2. The third-order valence-electron chi connectivity index (χ3n) is 7.89. The minimum absolute atomic E-state index is 0.159. The van der Waals surface area contributed by atoms with Crippen LogP contribution in [0.2, 0.25) is 5.15 Å². The first-order valence-electron chi connectivity index (χ1n) is 12.5. The Kier molecular flexibility index (Phi) is 5.95. The zero-order valence-electron chi connectivity index (χ0n) is 21.0. The van der Waals surface area contributed by atoms with Gasteiger partial charge in [0.2, 0.25) is 5.91 Å². The number of carbonyl (C=O) groups excluding carboxylic acids is 2. The fraction of sp³-hybridized carbons (Fsp3) is 0.444. The topological polar surface area (TPSA) is 97.3 Å². The van der Waals surface area contributed by atoms with Crippen LogP contribution in [0.3, 0.4) is 0 Å². The lowest BCUT2D eigenvalue weighted by atomic mass is 9.48. The summed E-state index contributed by atoms with van der Waals surface area (Å²) in [5.41, 5.74) is 3.75. The summed E-state index contributed by atoms with van der Waals surface area (Å²) in [6, 6.07) is 3.49. The molecule has 0 bridgehead atoms. The van der Waals surface area contributed by atoms with Crippen LogP contribution in [0.1, 0.15) is 59.2 Å². The minimum atomic E-state index is -0.327. The third-order valence-corrected chi connectivity index (χ3v) is 9.09. The van der Waals surface area contributed by atoms with Crippen LogP contribution >= 0.6 is 22.9 Å². The van der Waals surface area contributed by atoms with E-state index in [1.165, 1.54) is 30.4 Å². The van der Waals surface area contributed by atoms with Crippen LogP contribution in [-0.4, -0.2) is 38.8 Å². The number of hydrogen-bond donors (Lipinski definition) is 1. The van der Waals surface area contributed by atoms with Crippen molar-refractivity contribution in [2.45, 2.75) is 52.6 Å². The predicted octanol–water partition coefficient (Wildman–Crippen LogP) is 5.49. The molecular formula is C27H28ClN5O3S. The van der Waals surface area contributed by atoms with E-state index in [1.807, 2.05) is 17.9 Å². The SMILES string of the molecule is COc1cnc(Cl)cc1-c1cc(C)ncc1C(=O)Nc1nc2c(s1)CN(C(=O)C1CC3(CC(C)C3)C1)C2. The summed E-state index contributed by atoms with van der Waals surface area (Å²) >= 11 is 7.57. The van der Waals surface area contributed by atoms with Crippen molar-refractivity contribution in [3.63, 3.8) is 0 Å². The van der Waals surface area contributed by atoms with Gasteiger partial charge in [-0.3, -0.25) is 19.9 Å². The van der Waals surface area contributed by atoms with Gasteiger partial charge in [-0.1, -0.05) is 29.9 Å². The van der Waals surface area contributed by atoms with Gasteiger partial charge in [0.1, 0.15) is 10.9 Å². The number of methoxy groups -OCH3 is 1. The lowest BCUT2D eigenvalue weighted by Crippen LogP contribution is -2.51. The van der Waals surface area contributed by atoms with Crippen molar-refractivity contribution in [1.82, 2.24) is 19.9 Å². The monoisotopic (exact) mass is 537 g/mol. The number of aryl methyl sites for hydroxylation is 1. The Morgan fingerprint density at radius 1 is 1.14 bits per heavy atom. The first-order chi connectivity index (χ1) is 17.7. The Morgan fingerprint density at radius 3 is 2.62 bits per heavy atom. The van der Waals surface area contributed by atoms with Crippen LogP contribution in [0.5, 0.6) is 5.75 Å². The Balaban J connectivity index is 1.15. The first-order valence-corrected chi connectivity index (χ1v) is 13.7. The van der Waals surface area contributed by atoms with E-state index in [0.717, 1.165) is 35.0 Å². The molecule has 3 aromatic heterocycles. The molecule has 0 unspecified atom stereocenters. The fourth-order valence-electron chi connectivity index (χ4n) is 6.34. The Labute approximate surface area is 224 Å². The van der Waals surface area contributed by atoms with Crippen LogP contribution in [0.15, 0.2) is 24.5 Å². The number of thiazole rings is 1. The number of carbonyl (C=O) groups is 2. The molecule has 10 heteroatoms. The predicted molar refractivity (Wildman–Crippen MR) is 142 cm³/mol. The molecular weight excluding hydrogens is 510 g/mol. The van der Waals surface area contributed by atoms with Crippen molar-refractivity contribution >= 4 is 39.9 Å². The molecule has 1 aliphatic heterocycles. The van der Waals surface area contributed by atoms with Crippen molar-refractivity contribution in [3.05, 3.63) is 51.5 Å². The molecule has 37 heavy (non-hydrogen) atoms. The van der Waals surface area contributed by atoms with E-state index in [4.69, 9.17) is 16.3 Å². The molecule has 2 fully saturated rings. The molecule has 0 atom stereocenters. The van der Waals surface area contributed by atoms with Crippen LogP contribution in [-0.2, 0) is 17.9 Å². The van der Waals surface area contributed by atoms with Crippen molar-refractivity contribution in [2.24, 2.45) is 17.3 Å². The van der Waals surface area contributed by atoms with Gasteiger partial charge in [-0.25, -0.2) is 9.97 Å². The zero-order valence-corrected chi connectivity index (χ0v) is 22.6. The van der Waals surface area contributed by atoms with Gasteiger partial charge in [-0.15, -0.1) is 0 Å². The maximum atomic E-state index is 13.3. The maximum absolute atomic E-state index is 13.3. The van der Waals surface area contributed by atoms with E-state index in [2.05, 4.69) is 27.2 Å². The molecule has 3 aromatic rings. The highest BCUT2D eigenvalue weighted by Crippen LogP contribution is 2.61. The van der Waals surface area contributed by atoms with Crippen molar-refractivity contribution < 1.29 is 14.3 Å². The second-order valence-electron chi connectivity index (χ2n) is 10.7. The third kappa shape index (κ3) is 4.38. The maximum Gasteiger partial charge on any atom is 0.259 e. The largest absolute Gasteiger partial charge is 0.494 e. The van der Waals surface area contributed by atoms with Gasteiger partial charge in [0.05, 0.1) is 42.5 Å². The van der Waals surface area contributed by atoms with E-state index >= 15 is 0 Å². The molecule has 3 aliphatic rings. The summed E-state index contributed by atoms with van der Waals surface area (Å²) in [7, 11) is 1.55.